The lowest BCUT2D eigenvalue weighted by molar-refractivity contribution is 0.0932. The molecule has 3 heterocycles. The highest BCUT2D eigenvalue weighted by Crippen LogP contribution is 2.36. The highest BCUT2D eigenvalue weighted by atomic mass is 16.3. The van der Waals surface area contributed by atoms with E-state index < -0.39 is 0 Å². The normalized spacial score (nSPS) is 21.1. The number of carbonyl (C=O) groups is 1. The molecule has 1 saturated carbocycles. The first-order chi connectivity index (χ1) is 15.8. The molecular formula is C26H34N4O2. The van der Waals surface area contributed by atoms with Crippen LogP contribution in [0.15, 0.2) is 41.2 Å². The largest absolute Gasteiger partial charge is 0.472 e. The van der Waals surface area contributed by atoms with Gasteiger partial charge in [0.05, 0.1) is 22.9 Å². The third-order valence-electron chi connectivity index (χ3n) is 7.07. The van der Waals surface area contributed by atoms with Crippen molar-refractivity contribution in [1.82, 2.24) is 20.2 Å². The van der Waals surface area contributed by atoms with Crippen LogP contribution in [0.1, 0.15) is 80.6 Å². The Balaban J connectivity index is 1.42. The van der Waals surface area contributed by atoms with Gasteiger partial charge in [-0.1, -0.05) is 25.7 Å². The van der Waals surface area contributed by atoms with Crippen LogP contribution in [-0.4, -0.2) is 34.6 Å². The van der Waals surface area contributed by atoms with Gasteiger partial charge in [0.15, 0.2) is 0 Å². The molecule has 1 aliphatic carbocycles. The summed E-state index contributed by atoms with van der Waals surface area (Å²) in [5.74, 6) is 0.961. The minimum absolute atomic E-state index is 0.0150. The number of fused-ring (bicyclic) bond motifs is 1. The molecule has 2 N–H and O–H groups in total. The van der Waals surface area contributed by atoms with Crippen molar-refractivity contribution in [2.75, 3.05) is 13.1 Å². The summed E-state index contributed by atoms with van der Waals surface area (Å²) >= 11 is 0. The Kier molecular flexibility index (Phi) is 6.58. The number of hydrogen-bond acceptors (Lipinski definition) is 4. The van der Waals surface area contributed by atoms with E-state index in [9.17, 15) is 4.79 Å². The van der Waals surface area contributed by atoms with Gasteiger partial charge < -0.3 is 19.6 Å². The van der Waals surface area contributed by atoms with Crippen molar-refractivity contribution in [3.05, 3.63) is 42.4 Å². The smallest absolute Gasteiger partial charge is 0.251 e. The fourth-order valence-electron chi connectivity index (χ4n) is 5.34. The van der Waals surface area contributed by atoms with E-state index in [0.29, 0.717) is 11.6 Å². The summed E-state index contributed by atoms with van der Waals surface area (Å²) in [5.41, 5.74) is 3.69. The minimum atomic E-state index is 0.0150. The monoisotopic (exact) mass is 434 g/mol. The van der Waals surface area contributed by atoms with Crippen molar-refractivity contribution in [3.63, 3.8) is 0 Å². The first kappa shape index (κ1) is 21.3. The van der Waals surface area contributed by atoms with E-state index in [1.807, 2.05) is 18.2 Å². The van der Waals surface area contributed by atoms with Crippen LogP contribution in [0.2, 0.25) is 0 Å². The number of imidazole rings is 1. The van der Waals surface area contributed by atoms with Crippen molar-refractivity contribution in [2.45, 2.75) is 76.3 Å². The van der Waals surface area contributed by atoms with Gasteiger partial charge in [-0.15, -0.1) is 0 Å². The Hall–Kier alpha value is -2.60. The molecule has 2 aliphatic rings. The summed E-state index contributed by atoms with van der Waals surface area (Å²) in [6.45, 7) is 2.12. The fraction of sp³-hybridized carbons (Fsp3) is 0.538. The van der Waals surface area contributed by atoms with Crippen LogP contribution < -0.4 is 10.6 Å². The quantitative estimate of drug-likeness (QED) is 0.572. The molecule has 1 saturated heterocycles. The second kappa shape index (κ2) is 9.90. The molecular weight excluding hydrogens is 400 g/mol. The molecule has 170 valence electrons. The lowest BCUT2D eigenvalue weighted by atomic mass is 9.95. The van der Waals surface area contributed by atoms with Gasteiger partial charge >= 0.3 is 0 Å². The van der Waals surface area contributed by atoms with Gasteiger partial charge in [0, 0.05) is 17.6 Å². The summed E-state index contributed by atoms with van der Waals surface area (Å²) in [4.78, 5) is 18.1. The van der Waals surface area contributed by atoms with E-state index in [1.54, 1.807) is 12.5 Å². The molecule has 5 rings (SSSR count). The van der Waals surface area contributed by atoms with E-state index in [0.717, 1.165) is 61.2 Å². The number of aromatic nitrogens is 2. The molecule has 0 spiro atoms. The number of hydrogen-bond donors (Lipinski definition) is 2. The Morgan fingerprint density at radius 2 is 1.81 bits per heavy atom. The Labute approximate surface area is 189 Å². The molecule has 0 bridgehead atoms. The van der Waals surface area contributed by atoms with Gasteiger partial charge in [-0.2, -0.15) is 0 Å². The Morgan fingerprint density at radius 1 is 1.00 bits per heavy atom. The van der Waals surface area contributed by atoms with Crippen LogP contribution in [0.4, 0.5) is 0 Å². The van der Waals surface area contributed by atoms with E-state index in [1.165, 1.54) is 38.5 Å². The molecule has 2 fully saturated rings. The third kappa shape index (κ3) is 4.60. The van der Waals surface area contributed by atoms with Gasteiger partial charge in [-0.05, 0) is 75.9 Å². The third-order valence-corrected chi connectivity index (χ3v) is 7.07. The molecule has 2 aromatic heterocycles. The summed E-state index contributed by atoms with van der Waals surface area (Å²) in [7, 11) is 0. The zero-order valence-electron chi connectivity index (χ0n) is 18.8. The fourth-order valence-corrected chi connectivity index (χ4v) is 5.34. The van der Waals surface area contributed by atoms with Crippen LogP contribution in [0.25, 0.3) is 22.4 Å². The molecule has 1 amide bonds. The van der Waals surface area contributed by atoms with Crippen molar-refractivity contribution >= 4 is 16.9 Å². The molecule has 1 unspecified atom stereocenters. The van der Waals surface area contributed by atoms with E-state index in [2.05, 4.69) is 21.3 Å². The van der Waals surface area contributed by atoms with Gasteiger partial charge in [0.1, 0.15) is 12.1 Å². The van der Waals surface area contributed by atoms with E-state index in [4.69, 9.17) is 9.40 Å². The molecule has 1 aliphatic heterocycles. The van der Waals surface area contributed by atoms with Crippen LogP contribution in [0.5, 0.6) is 0 Å². The molecule has 6 nitrogen and oxygen atoms in total. The number of rotatable bonds is 4. The van der Waals surface area contributed by atoms with Crippen LogP contribution >= 0.6 is 0 Å². The second-order valence-electron chi connectivity index (χ2n) is 9.37. The first-order valence-electron chi connectivity index (χ1n) is 12.4. The number of carbonyl (C=O) groups excluding carboxylic acids is 1. The predicted octanol–water partition coefficient (Wildman–Crippen LogP) is 5.45. The van der Waals surface area contributed by atoms with Gasteiger partial charge in [0.25, 0.3) is 5.91 Å². The van der Waals surface area contributed by atoms with Crippen LogP contribution in [0.3, 0.4) is 0 Å². The van der Waals surface area contributed by atoms with Crippen molar-refractivity contribution in [3.8, 4) is 11.4 Å². The minimum Gasteiger partial charge on any atom is -0.472 e. The number of benzene rings is 1. The lowest BCUT2D eigenvalue weighted by Gasteiger charge is -2.25. The van der Waals surface area contributed by atoms with Crippen molar-refractivity contribution < 1.29 is 9.21 Å². The topological polar surface area (TPSA) is 72.1 Å². The average Bonchev–Trinajstić information content (AvgIpc) is 3.49. The Morgan fingerprint density at radius 3 is 2.66 bits per heavy atom. The van der Waals surface area contributed by atoms with Gasteiger partial charge in [-0.25, -0.2) is 4.98 Å². The number of amides is 1. The first-order valence-corrected chi connectivity index (χ1v) is 12.4. The zero-order valence-corrected chi connectivity index (χ0v) is 18.8. The molecule has 0 radical (unpaired) electrons. The molecule has 32 heavy (non-hydrogen) atoms. The van der Waals surface area contributed by atoms with Gasteiger partial charge in [-0.3, -0.25) is 4.79 Å². The number of nitrogens with one attached hydrogen (secondary N) is 2. The Bertz CT molecular complexity index is 1020. The second-order valence-corrected chi connectivity index (χ2v) is 9.37. The summed E-state index contributed by atoms with van der Waals surface area (Å²) < 4.78 is 7.74. The highest BCUT2D eigenvalue weighted by molar-refractivity contribution is 5.98. The maximum Gasteiger partial charge on any atom is 0.251 e. The maximum absolute atomic E-state index is 13.1. The number of furan rings is 1. The van der Waals surface area contributed by atoms with Gasteiger partial charge in [0.2, 0.25) is 0 Å². The molecule has 3 aromatic rings. The molecule has 1 atom stereocenters. The molecule has 6 heteroatoms. The average molecular weight is 435 g/mol. The SMILES string of the molecule is O=C(NC1CCCCNCCC1)c1ccc2c(c1)nc(-c1ccoc1)n2C1CCCCC1. The van der Waals surface area contributed by atoms with E-state index >= 15 is 0 Å². The standard InChI is InChI=1S/C26H34N4O2/c31-26(28-21-7-4-5-14-27-15-6-8-21)19-11-12-24-23(17-19)29-25(20-13-16-32-18-20)30(24)22-9-2-1-3-10-22/h11-13,16-18,21-22,27H,1-10,14-15H2,(H,28,31). The summed E-state index contributed by atoms with van der Waals surface area (Å²) in [5, 5.41) is 6.76. The summed E-state index contributed by atoms with van der Waals surface area (Å²) in [6.07, 6.45) is 15.1. The highest BCUT2D eigenvalue weighted by Gasteiger charge is 2.24. The number of nitrogens with zero attached hydrogens (tertiary/aromatic N) is 2. The van der Waals surface area contributed by atoms with E-state index in [-0.39, 0.29) is 11.9 Å². The lowest BCUT2D eigenvalue weighted by Crippen LogP contribution is -2.35. The van der Waals surface area contributed by atoms with Crippen molar-refractivity contribution in [2.24, 2.45) is 0 Å². The predicted molar refractivity (Wildman–Crippen MR) is 127 cm³/mol. The summed E-state index contributed by atoms with van der Waals surface area (Å²) in [6, 6.07) is 8.69. The van der Waals surface area contributed by atoms with Crippen LogP contribution in [0, 0.1) is 0 Å². The van der Waals surface area contributed by atoms with Crippen LogP contribution in [-0.2, 0) is 0 Å². The molecule has 1 aromatic carbocycles. The zero-order chi connectivity index (χ0) is 21.8. The maximum atomic E-state index is 13.1. The van der Waals surface area contributed by atoms with Crippen molar-refractivity contribution in [1.29, 1.82) is 0 Å².